The zero-order valence-corrected chi connectivity index (χ0v) is 21.8. The average molecular weight is 531 g/mol. The molecule has 7 rings (SSSR count). The largest absolute Gasteiger partial charge is 1.00 e. The minimum atomic E-state index is -0.571. The number of hydrogen-bond donors (Lipinski definition) is 1. The van der Waals surface area contributed by atoms with Gasteiger partial charge in [-0.2, -0.15) is 4.98 Å². The number of carbonyl (C=O) groups excluding carboxylic acids is 1. The minimum absolute atomic E-state index is 0. The number of quaternary nitrogens is 1. The van der Waals surface area contributed by atoms with Gasteiger partial charge in [0.1, 0.15) is 13.1 Å². The van der Waals surface area contributed by atoms with Crippen LogP contribution < -0.4 is 17.7 Å². The van der Waals surface area contributed by atoms with Gasteiger partial charge in [-0.05, 0) is 29.8 Å². The van der Waals surface area contributed by atoms with E-state index in [1.807, 2.05) is 91.0 Å². The van der Waals surface area contributed by atoms with E-state index < -0.39 is 6.04 Å². The summed E-state index contributed by atoms with van der Waals surface area (Å²) in [5.41, 5.74) is 2.70. The molecule has 2 bridgehead atoms. The van der Waals surface area contributed by atoms with Gasteiger partial charge in [-0.15, -0.1) is 0 Å². The number of piperidine rings is 3. The van der Waals surface area contributed by atoms with Crippen LogP contribution in [0.25, 0.3) is 11.5 Å². The van der Waals surface area contributed by atoms with E-state index in [2.05, 4.69) is 15.5 Å². The predicted octanol–water partition coefficient (Wildman–Crippen LogP) is 2.25. The van der Waals surface area contributed by atoms with Crippen LogP contribution in [0.4, 0.5) is 5.69 Å². The van der Waals surface area contributed by atoms with Crippen molar-refractivity contribution in [3.8, 4) is 11.5 Å². The lowest BCUT2D eigenvalue weighted by Crippen LogP contribution is -3.00. The third-order valence-electron chi connectivity index (χ3n) is 7.73. The molecule has 38 heavy (non-hydrogen) atoms. The quantitative estimate of drug-likeness (QED) is 0.278. The zero-order chi connectivity index (χ0) is 25.1. The Morgan fingerprint density at radius 1 is 0.947 bits per heavy atom. The second kappa shape index (κ2) is 11.4. The number of para-hydroxylation sites is 1. The summed E-state index contributed by atoms with van der Waals surface area (Å²) in [6.07, 6.45) is 1.94. The highest BCUT2D eigenvalue weighted by Crippen LogP contribution is 2.37. The summed E-state index contributed by atoms with van der Waals surface area (Å²) in [6.45, 7) is 3.54. The topological polar surface area (TPSA) is 77.2 Å². The van der Waals surface area contributed by atoms with Gasteiger partial charge in [-0.3, -0.25) is 0 Å². The molecular formula is C30H31ClN4O3. The first kappa shape index (κ1) is 25.9. The maximum atomic E-state index is 13.6. The molecule has 8 heteroatoms. The molecule has 2 atom stereocenters. The highest BCUT2D eigenvalue weighted by atomic mass is 35.5. The number of halogens is 1. The third-order valence-corrected chi connectivity index (χ3v) is 7.73. The second-order valence-electron chi connectivity index (χ2n) is 10.2. The van der Waals surface area contributed by atoms with Gasteiger partial charge < -0.3 is 31.5 Å². The van der Waals surface area contributed by atoms with Crippen molar-refractivity contribution in [2.24, 2.45) is 5.92 Å². The molecule has 4 aromatic rings. The third kappa shape index (κ3) is 5.59. The Balaban J connectivity index is 0.00000294. The van der Waals surface area contributed by atoms with Crippen molar-refractivity contribution in [1.29, 1.82) is 0 Å². The molecular weight excluding hydrogens is 500 g/mol. The lowest BCUT2D eigenvalue weighted by Gasteiger charge is -2.51. The molecule has 1 N–H and O–H groups in total. The van der Waals surface area contributed by atoms with Crippen molar-refractivity contribution in [2.75, 3.05) is 25.0 Å². The predicted molar refractivity (Wildman–Crippen MR) is 140 cm³/mol. The SMILES string of the molecule is O=C(O[C@H]1C[N+]2(Cc3noc(-c4ccccc4)n3)CCC1CC2)[C@H](Nc1ccccc1)c1ccccc1.[Cl-]. The molecule has 7 nitrogen and oxygen atoms in total. The number of aromatic nitrogens is 2. The van der Waals surface area contributed by atoms with Gasteiger partial charge in [0.15, 0.2) is 12.1 Å². The summed E-state index contributed by atoms with van der Waals surface area (Å²) in [5, 5.41) is 7.66. The zero-order valence-electron chi connectivity index (χ0n) is 21.1. The van der Waals surface area contributed by atoms with Crippen LogP contribution in [-0.4, -0.2) is 46.3 Å². The van der Waals surface area contributed by atoms with Crippen LogP contribution in [0.3, 0.4) is 0 Å². The summed E-state index contributed by atoms with van der Waals surface area (Å²) in [5.74, 6) is 1.40. The Bertz CT molecular complexity index is 1330. The van der Waals surface area contributed by atoms with Gasteiger partial charge >= 0.3 is 5.97 Å². The van der Waals surface area contributed by atoms with E-state index in [9.17, 15) is 4.79 Å². The monoisotopic (exact) mass is 530 g/mol. The first-order valence-electron chi connectivity index (χ1n) is 13.0. The number of nitrogens with zero attached hydrogens (tertiary/aromatic N) is 3. The first-order chi connectivity index (χ1) is 18.2. The van der Waals surface area contributed by atoms with E-state index >= 15 is 0 Å². The molecule has 3 aliphatic heterocycles. The fraction of sp³-hybridized carbons (Fsp3) is 0.300. The molecule has 0 radical (unpaired) electrons. The summed E-state index contributed by atoms with van der Waals surface area (Å²) >= 11 is 0. The molecule has 1 aromatic heterocycles. The lowest BCUT2D eigenvalue weighted by molar-refractivity contribution is -0.958. The van der Waals surface area contributed by atoms with Gasteiger partial charge in [0.05, 0.1) is 13.1 Å². The average Bonchev–Trinajstić information content (AvgIpc) is 3.41. The van der Waals surface area contributed by atoms with Crippen molar-refractivity contribution in [3.05, 3.63) is 102 Å². The molecule has 3 aliphatic rings. The van der Waals surface area contributed by atoms with Crippen LogP contribution in [0.2, 0.25) is 0 Å². The number of ether oxygens (including phenoxy) is 1. The van der Waals surface area contributed by atoms with Gasteiger partial charge in [-0.25, -0.2) is 4.79 Å². The Morgan fingerprint density at radius 3 is 2.26 bits per heavy atom. The number of anilines is 1. The van der Waals surface area contributed by atoms with Crippen molar-refractivity contribution < 1.29 is 30.9 Å². The van der Waals surface area contributed by atoms with Crippen LogP contribution in [0.5, 0.6) is 0 Å². The molecule has 0 saturated carbocycles. The molecule has 0 aliphatic carbocycles. The number of fused-ring (bicyclic) bond motifs is 3. The molecule has 196 valence electrons. The number of nitrogens with one attached hydrogen (secondary N) is 1. The van der Waals surface area contributed by atoms with E-state index in [1.54, 1.807) is 0 Å². The second-order valence-corrected chi connectivity index (χ2v) is 10.2. The smallest absolute Gasteiger partial charge is 0.333 e. The normalized spacial score (nSPS) is 22.7. The minimum Gasteiger partial charge on any atom is -1.00 e. The summed E-state index contributed by atoms with van der Waals surface area (Å²) < 4.78 is 12.7. The molecule has 4 heterocycles. The Kier molecular flexibility index (Phi) is 7.77. The van der Waals surface area contributed by atoms with Crippen LogP contribution in [0, 0.1) is 5.92 Å². The standard InChI is InChI=1S/C30H31N4O3.ClH/c35-30(28(23-10-4-1-5-11-23)31-25-14-8-3-9-15-25)36-26-20-34(18-16-22(26)17-19-34)21-27-32-29(37-33-27)24-12-6-2-7-13-24;/h1-15,22,26,28,31H,16-21H2;1H/q+1;/p-1/t22?,26-,28+,34?;/m0./s1. The number of benzene rings is 3. The molecule has 0 spiro atoms. The van der Waals surface area contributed by atoms with E-state index in [0.717, 1.165) is 53.8 Å². The Labute approximate surface area is 228 Å². The van der Waals surface area contributed by atoms with Crippen LogP contribution in [0.1, 0.15) is 30.3 Å². The van der Waals surface area contributed by atoms with Crippen molar-refractivity contribution in [2.45, 2.75) is 31.5 Å². The van der Waals surface area contributed by atoms with Crippen molar-refractivity contribution in [1.82, 2.24) is 10.1 Å². The lowest BCUT2D eigenvalue weighted by atomic mass is 9.83. The van der Waals surface area contributed by atoms with Gasteiger partial charge in [0, 0.05) is 30.0 Å². The highest BCUT2D eigenvalue weighted by molar-refractivity contribution is 5.81. The fourth-order valence-corrected chi connectivity index (χ4v) is 5.74. The summed E-state index contributed by atoms with van der Waals surface area (Å²) in [7, 11) is 0. The van der Waals surface area contributed by atoms with E-state index in [0.29, 0.717) is 24.2 Å². The van der Waals surface area contributed by atoms with Crippen molar-refractivity contribution >= 4 is 11.7 Å². The molecule has 3 saturated heterocycles. The summed E-state index contributed by atoms with van der Waals surface area (Å²) in [4.78, 5) is 18.3. The number of esters is 1. The van der Waals surface area contributed by atoms with Crippen LogP contribution in [0.15, 0.2) is 95.5 Å². The number of hydrogen-bond acceptors (Lipinski definition) is 6. The Morgan fingerprint density at radius 2 is 1.58 bits per heavy atom. The summed E-state index contributed by atoms with van der Waals surface area (Å²) in [6, 6.07) is 28.9. The van der Waals surface area contributed by atoms with Crippen LogP contribution >= 0.6 is 0 Å². The van der Waals surface area contributed by atoms with Gasteiger partial charge in [0.2, 0.25) is 5.82 Å². The Hall–Kier alpha value is -3.68. The number of rotatable bonds is 8. The number of carbonyl (C=O) groups is 1. The van der Waals surface area contributed by atoms with Crippen molar-refractivity contribution in [3.63, 3.8) is 0 Å². The fourth-order valence-electron chi connectivity index (χ4n) is 5.74. The highest BCUT2D eigenvalue weighted by Gasteiger charge is 2.48. The maximum Gasteiger partial charge on any atom is 0.333 e. The molecule has 3 aromatic carbocycles. The van der Waals surface area contributed by atoms with Crippen LogP contribution in [-0.2, 0) is 16.1 Å². The van der Waals surface area contributed by atoms with E-state index in [-0.39, 0.29) is 24.5 Å². The maximum absolute atomic E-state index is 13.6. The van der Waals surface area contributed by atoms with Gasteiger partial charge in [0.25, 0.3) is 5.89 Å². The van der Waals surface area contributed by atoms with E-state index in [4.69, 9.17) is 9.26 Å². The van der Waals surface area contributed by atoms with Gasteiger partial charge in [-0.1, -0.05) is 71.9 Å². The first-order valence-corrected chi connectivity index (χ1v) is 13.0. The molecule has 0 unspecified atom stereocenters. The molecule has 3 fully saturated rings. The van der Waals surface area contributed by atoms with E-state index in [1.165, 1.54) is 0 Å². The molecule has 0 amide bonds.